The van der Waals surface area contributed by atoms with E-state index in [0.717, 1.165) is 34.7 Å². The lowest BCUT2D eigenvalue weighted by Crippen LogP contribution is -2.15. The zero-order valence-electron chi connectivity index (χ0n) is 11.0. The molecule has 2 aromatic carbocycles. The predicted octanol–water partition coefficient (Wildman–Crippen LogP) is 3.27. The number of benzene rings is 2. The van der Waals surface area contributed by atoms with Gasteiger partial charge in [0.2, 0.25) is 0 Å². The highest BCUT2D eigenvalue weighted by molar-refractivity contribution is 5.70. The summed E-state index contributed by atoms with van der Waals surface area (Å²) in [5, 5.41) is 0. The van der Waals surface area contributed by atoms with Gasteiger partial charge in [-0.2, -0.15) is 0 Å². The maximum Gasteiger partial charge on any atom is 0.161 e. The van der Waals surface area contributed by atoms with E-state index < -0.39 is 0 Å². The molecule has 0 amide bonds. The molecule has 0 fully saturated rings. The SMILES string of the molecule is CCc1cc(-c2ccc3c(c2)OCCO3)ccc1N. The topological polar surface area (TPSA) is 44.5 Å². The molecule has 0 aromatic heterocycles. The molecule has 0 aliphatic carbocycles. The number of aryl methyl sites for hydroxylation is 1. The Hall–Kier alpha value is -2.16. The summed E-state index contributed by atoms with van der Waals surface area (Å²) >= 11 is 0. The summed E-state index contributed by atoms with van der Waals surface area (Å²) in [7, 11) is 0. The molecule has 0 unspecified atom stereocenters. The molecule has 0 saturated heterocycles. The molecular formula is C16H17NO2. The number of nitrogen functional groups attached to an aromatic ring is 1. The van der Waals surface area contributed by atoms with E-state index in [4.69, 9.17) is 15.2 Å². The van der Waals surface area contributed by atoms with E-state index >= 15 is 0 Å². The van der Waals surface area contributed by atoms with Crippen molar-refractivity contribution in [3.63, 3.8) is 0 Å². The molecule has 2 N–H and O–H groups in total. The highest BCUT2D eigenvalue weighted by Gasteiger charge is 2.12. The Balaban J connectivity index is 2.02. The van der Waals surface area contributed by atoms with E-state index in [1.54, 1.807) is 0 Å². The van der Waals surface area contributed by atoms with E-state index in [0.29, 0.717) is 13.2 Å². The maximum atomic E-state index is 5.94. The largest absolute Gasteiger partial charge is 0.486 e. The molecule has 2 aromatic rings. The van der Waals surface area contributed by atoms with E-state index in [1.807, 2.05) is 24.3 Å². The molecule has 1 aliphatic heterocycles. The van der Waals surface area contributed by atoms with E-state index in [2.05, 4.69) is 19.1 Å². The number of ether oxygens (including phenoxy) is 2. The van der Waals surface area contributed by atoms with Gasteiger partial charge in [0.15, 0.2) is 11.5 Å². The van der Waals surface area contributed by atoms with Crippen LogP contribution in [0.2, 0.25) is 0 Å². The van der Waals surface area contributed by atoms with Gasteiger partial charge in [0.25, 0.3) is 0 Å². The molecule has 3 heteroatoms. The molecule has 1 heterocycles. The van der Waals surface area contributed by atoms with Crippen molar-refractivity contribution in [1.82, 2.24) is 0 Å². The van der Waals surface area contributed by atoms with Gasteiger partial charge in [-0.05, 0) is 47.4 Å². The molecule has 0 spiro atoms. The number of fused-ring (bicyclic) bond motifs is 1. The number of rotatable bonds is 2. The minimum absolute atomic E-state index is 0.610. The Morgan fingerprint density at radius 3 is 2.42 bits per heavy atom. The van der Waals surface area contributed by atoms with Crippen molar-refractivity contribution in [3.05, 3.63) is 42.0 Å². The van der Waals surface area contributed by atoms with Gasteiger partial charge in [0.1, 0.15) is 13.2 Å². The summed E-state index contributed by atoms with van der Waals surface area (Å²) in [6.07, 6.45) is 0.935. The van der Waals surface area contributed by atoms with Gasteiger partial charge in [0, 0.05) is 5.69 Å². The number of hydrogen-bond acceptors (Lipinski definition) is 3. The first-order chi connectivity index (χ1) is 9.28. The van der Waals surface area contributed by atoms with Crippen LogP contribution in [0, 0.1) is 0 Å². The number of anilines is 1. The van der Waals surface area contributed by atoms with Crippen molar-refractivity contribution in [3.8, 4) is 22.6 Å². The van der Waals surface area contributed by atoms with Crippen LogP contribution in [0.1, 0.15) is 12.5 Å². The molecule has 0 bridgehead atoms. The van der Waals surface area contributed by atoms with Crippen LogP contribution in [0.4, 0.5) is 5.69 Å². The average Bonchev–Trinajstić information content (AvgIpc) is 2.47. The van der Waals surface area contributed by atoms with Crippen molar-refractivity contribution < 1.29 is 9.47 Å². The van der Waals surface area contributed by atoms with Crippen LogP contribution in [-0.4, -0.2) is 13.2 Å². The third kappa shape index (κ3) is 2.24. The average molecular weight is 255 g/mol. The zero-order chi connectivity index (χ0) is 13.2. The van der Waals surface area contributed by atoms with E-state index in [1.165, 1.54) is 5.56 Å². The summed E-state index contributed by atoms with van der Waals surface area (Å²) in [4.78, 5) is 0. The quantitative estimate of drug-likeness (QED) is 0.838. The fraction of sp³-hybridized carbons (Fsp3) is 0.250. The summed E-state index contributed by atoms with van der Waals surface area (Å²) in [5.74, 6) is 1.64. The molecule has 3 rings (SSSR count). The van der Waals surface area contributed by atoms with Crippen LogP contribution >= 0.6 is 0 Å². The van der Waals surface area contributed by atoms with Gasteiger partial charge in [-0.1, -0.05) is 19.1 Å². The second kappa shape index (κ2) is 4.84. The Bertz CT molecular complexity index is 608. The molecule has 0 saturated carbocycles. The summed E-state index contributed by atoms with van der Waals surface area (Å²) in [6.45, 7) is 3.34. The van der Waals surface area contributed by atoms with Crippen LogP contribution in [0.5, 0.6) is 11.5 Å². The highest BCUT2D eigenvalue weighted by atomic mass is 16.6. The van der Waals surface area contributed by atoms with E-state index in [-0.39, 0.29) is 0 Å². The van der Waals surface area contributed by atoms with Crippen molar-refractivity contribution in [1.29, 1.82) is 0 Å². The second-order valence-corrected chi connectivity index (χ2v) is 4.63. The fourth-order valence-electron chi connectivity index (χ4n) is 2.31. The first kappa shape index (κ1) is 11.9. The third-order valence-electron chi connectivity index (χ3n) is 3.40. The first-order valence-electron chi connectivity index (χ1n) is 6.56. The lowest BCUT2D eigenvalue weighted by atomic mass is 10.0. The zero-order valence-corrected chi connectivity index (χ0v) is 11.0. The standard InChI is InChI=1S/C16H17NO2/c1-2-11-9-12(3-5-14(11)17)13-4-6-15-16(10-13)19-8-7-18-15/h3-6,9-10H,2,7-8,17H2,1H3. The molecule has 3 nitrogen and oxygen atoms in total. The van der Waals surface area contributed by atoms with Gasteiger partial charge in [0.05, 0.1) is 0 Å². The van der Waals surface area contributed by atoms with Crippen LogP contribution in [0.25, 0.3) is 11.1 Å². The monoisotopic (exact) mass is 255 g/mol. The smallest absolute Gasteiger partial charge is 0.161 e. The Morgan fingerprint density at radius 2 is 1.63 bits per heavy atom. The third-order valence-corrected chi connectivity index (χ3v) is 3.40. The number of nitrogens with two attached hydrogens (primary N) is 1. The lowest BCUT2D eigenvalue weighted by molar-refractivity contribution is 0.171. The summed E-state index contributed by atoms with van der Waals surface area (Å²) in [6, 6.07) is 12.2. The van der Waals surface area contributed by atoms with Crippen molar-refractivity contribution in [2.24, 2.45) is 0 Å². The predicted molar refractivity (Wildman–Crippen MR) is 76.7 cm³/mol. The summed E-state index contributed by atoms with van der Waals surface area (Å²) in [5.41, 5.74) is 10.2. The van der Waals surface area contributed by atoms with Gasteiger partial charge >= 0.3 is 0 Å². The van der Waals surface area contributed by atoms with Gasteiger partial charge < -0.3 is 15.2 Å². The Labute approximate surface area is 113 Å². The normalized spacial score (nSPS) is 13.3. The van der Waals surface area contributed by atoms with E-state index in [9.17, 15) is 0 Å². The van der Waals surface area contributed by atoms with Gasteiger partial charge in [-0.25, -0.2) is 0 Å². The molecule has 98 valence electrons. The fourth-order valence-corrected chi connectivity index (χ4v) is 2.31. The maximum absolute atomic E-state index is 5.94. The van der Waals surface area contributed by atoms with Gasteiger partial charge in [-0.15, -0.1) is 0 Å². The lowest BCUT2D eigenvalue weighted by Gasteiger charge is -2.19. The van der Waals surface area contributed by atoms with Crippen molar-refractivity contribution >= 4 is 5.69 Å². The minimum atomic E-state index is 0.610. The highest BCUT2D eigenvalue weighted by Crippen LogP contribution is 2.35. The minimum Gasteiger partial charge on any atom is -0.486 e. The van der Waals surface area contributed by atoms with Crippen molar-refractivity contribution in [2.45, 2.75) is 13.3 Å². The first-order valence-corrected chi connectivity index (χ1v) is 6.56. The van der Waals surface area contributed by atoms with Crippen LogP contribution < -0.4 is 15.2 Å². The molecule has 0 radical (unpaired) electrons. The second-order valence-electron chi connectivity index (χ2n) is 4.63. The molecule has 1 aliphatic rings. The van der Waals surface area contributed by atoms with Crippen LogP contribution in [-0.2, 0) is 6.42 Å². The van der Waals surface area contributed by atoms with Gasteiger partial charge in [-0.3, -0.25) is 0 Å². The van der Waals surface area contributed by atoms with Crippen LogP contribution in [0.3, 0.4) is 0 Å². The van der Waals surface area contributed by atoms with Crippen molar-refractivity contribution in [2.75, 3.05) is 18.9 Å². The Kier molecular flexibility index (Phi) is 3.03. The molecular weight excluding hydrogens is 238 g/mol. The molecule has 0 atom stereocenters. The number of hydrogen-bond donors (Lipinski definition) is 1. The van der Waals surface area contributed by atoms with Crippen LogP contribution in [0.15, 0.2) is 36.4 Å². The Morgan fingerprint density at radius 1 is 0.947 bits per heavy atom. The summed E-state index contributed by atoms with van der Waals surface area (Å²) < 4.78 is 11.1. The molecule has 19 heavy (non-hydrogen) atoms.